The van der Waals surface area contributed by atoms with E-state index in [2.05, 4.69) is 21.6 Å². The first kappa shape index (κ1) is 16.9. The lowest BCUT2D eigenvalue weighted by molar-refractivity contribution is 0.413. The lowest BCUT2D eigenvalue weighted by Gasteiger charge is -2.10. The Balaban J connectivity index is 2.16. The van der Waals surface area contributed by atoms with E-state index in [4.69, 9.17) is 16.3 Å². The number of methoxy groups -OCH3 is 1. The minimum absolute atomic E-state index is 0.153. The number of hydrogen-bond acceptors (Lipinski definition) is 4. The number of hydrogen-bond donors (Lipinski definition) is 0. The summed E-state index contributed by atoms with van der Waals surface area (Å²) in [5, 5.41) is 4.26. The van der Waals surface area contributed by atoms with Crippen LogP contribution >= 0.6 is 11.6 Å². The van der Waals surface area contributed by atoms with Gasteiger partial charge in [-0.05, 0) is 35.9 Å². The van der Waals surface area contributed by atoms with E-state index in [1.807, 2.05) is 0 Å². The van der Waals surface area contributed by atoms with Gasteiger partial charge in [0.25, 0.3) is 0 Å². The summed E-state index contributed by atoms with van der Waals surface area (Å²) in [5.41, 5.74) is 2.08. The molecule has 0 spiro atoms. The number of aromatic nitrogens is 4. The van der Waals surface area contributed by atoms with Crippen LogP contribution < -0.4 is 4.74 Å². The van der Waals surface area contributed by atoms with Gasteiger partial charge >= 0.3 is 0 Å². The molecule has 3 aromatic heterocycles. The van der Waals surface area contributed by atoms with Gasteiger partial charge in [0.1, 0.15) is 17.8 Å². The molecule has 3 aromatic rings. The Kier molecular flexibility index (Phi) is 4.90. The first-order chi connectivity index (χ1) is 12.1. The van der Waals surface area contributed by atoms with Crippen molar-refractivity contribution in [2.75, 3.05) is 7.11 Å². The van der Waals surface area contributed by atoms with Crippen molar-refractivity contribution in [3.8, 4) is 16.9 Å². The van der Waals surface area contributed by atoms with Crippen molar-refractivity contribution in [1.29, 1.82) is 0 Å². The number of allylic oxidation sites excluding steroid dienone is 4. The standard InChI is InChI=1S/C18H14ClFN4O/c1-3-4-13(19)8-16(20)18-15(9-14(25-2)10-21-18)12-5-6-24-17(7-12)22-11-23-24/h3-11H,1H2,2H3/b13-4+,16-8-. The highest BCUT2D eigenvalue weighted by molar-refractivity contribution is 6.31. The molecule has 0 N–H and O–H groups in total. The average molecular weight is 357 g/mol. The third-order valence-corrected chi connectivity index (χ3v) is 3.69. The van der Waals surface area contributed by atoms with Gasteiger partial charge in [-0.1, -0.05) is 24.3 Å². The van der Waals surface area contributed by atoms with E-state index in [1.165, 1.54) is 37.9 Å². The molecule has 3 rings (SSSR count). The molecular formula is C18H14ClFN4O. The molecule has 0 aliphatic carbocycles. The zero-order chi connectivity index (χ0) is 17.8. The van der Waals surface area contributed by atoms with Crippen LogP contribution in [0.5, 0.6) is 5.75 Å². The zero-order valence-corrected chi connectivity index (χ0v) is 14.1. The number of ether oxygens (including phenoxy) is 1. The fraction of sp³-hybridized carbons (Fsp3) is 0.0556. The summed E-state index contributed by atoms with van der Waals surface area (Å²) in [6.07, 6.45) is 8.81. The van der Waals surface area contributed by atoms with E-state index in [9.17, 15) is 4.39 Å². The topological polar surface area (TPSA) is 52.3 Å². The van der Waals surface area contributed by atoms with Gasteiger partial charge in [-0.3, -0.25) is 0 Å². The molecule has 126 valence electrons. The number of nitrogens with zero attached hydrogens (tertiary/aromatic N) is 4. The summed E-state index contributed by atoms with van der Waals surface area (Å²) >= 11 is 5.95. The quantitative estimate of drug-likeness (QED) is 0.635. The van der Waals surface area contributed by atoms with Crippen LogP contribution in [0.3, 0.4) is 0 Å². The maximum absolute atomic E-state index is 14.7. The first-order valence-electron chi connectivity index (χ1n) is 7.32. The van der Waals surface area contributed by atoms with Gasteiger partial charge in [0.15, 0.2) is 11.5 Å². The van der Waals surface area contributed by atoms with Gasteiger partial charge in [-0.15, -0.1) is 0 Å². The van der Waals surface area contributed by atoms with Crippen LogP contribution in [0.4, 0.5) is 4.39 Å². The Morgan fingerprint density at radius 3 is 2.96 bits per heavy atom. The SMILES string of the molecule is C=C/C=C(Cl)\C=C(/F)c1ncc(OC)cc1-c1ccn2ncnc2c1. The molecule has 5 nitrogen and oxygen atoms in total. The fourth-order valence-corrected chi connectivity index (χ4v) is 2.49. The lowest BCUT2D eigenvalue weighted by atomic mass is 10.0. The second-order valence-corrected chi connectivity index (χ2v) is 5.47. The van der Waals surface area contributed by atoms with Crippen molar-refractivity contribution < 1.29 is 9.13 Å². The van der Waals surface area contributed by atoms with Crippen LogP contribution in [0.1, 0.15) is 5.69 Å². The second-order valence-electron chi connectivity index (χ2n) is 5.03. The predicted molar refractivity (Wildman–Crippen MR) is 96.0 cm³/mol. The third-order valence-electron chi connectivity index (χ3n) is 3.46. The van der Waals surface area contributed by atoms with E-state index < -0.39 is 5.83 Å². The molecule has 0 aromatic carbocycles. The van der Waals surface area contributed by atoms with Crippen LogP contribution in [-0.2, 0) is 0 Å². The van der Waals surface area contributed by atoms with Crippen LogP contribution in [-0.4, -0.2) is 26.7 Å². The van der Waals surface area contributed by atoms with Gasteiger partial charge in [0.05, 0.1) is 13.3 Å². The third kappa shape index (κ3) is 3.59. The van der Waals surface area contributed by atoms with Gasteiger partial charge in [-0.2, -0.15) is 5.10 Å². The van der Waals surface area contributed by atoms with E-state index in [0.717, 1.165) is 5.56 Å². The minimum Gasteiger partial charge on any atom is -0.495 e. The van der Waals surface area contributed by atoms with Crippen molar-refractivity contribution in [3.05, 3.63) is 72.5 Å². The van der Waals surface area contributed by atoms with Gasteiger partial charge < -0.3 is 4.74 Å². The molecule has 0 amide bonds. The summed E-state index contributed by atoms with van der Waals surface area (Å²) < 4.78 is 21.5. The van der Waals surface area contributed by atoms with Crippen molar-refractivity contribution in [1.82, 2.24) is 19.6 Å². The largest absolute Gasteiger partial charge is 0.495 e. The van der Waals surface area contributed by atoms with E-state index in [1.54, 1.807) is 28.9 Å². The molecule has 0 saturated carbocycles. The number of fused-ring (bicyclic) bond motifs is 1. The molecular weight excluding hydrogens is 343 g/mol. The second kappa shape index (κ2) is 7.27. The molecule has 3 heterocycles. The highest BCUT2D eigenvalue weighted by atomic mass is 35.5. The van der Waals surface area contributed by atoms with Gasteiger partial charge in [0, 0.05) is 16.8 Å². The molecule has 0 fully saturated rings. The van der Waals surface area contributed by atoms with Gasteiger partial charge in [-0.25, -0.2) is 18.9 Å². The Morgan fingerprint density at radius 1 is 1.36 bits per heavy atom. The monoisotopic (exact) mass is 356 g/mol. The van der Waals surface area contributed by atoms with Crippen molar-refractivity contribution >= 4 is 23.1 Å². The summed E-state index contributed by atoms with van der Waals surface area (Å²) in [6.45, 7) is 3.53. The molecule has 0 atom stereocenters. The lowest BCUT2D eigenvalue weighted by Crippen LogP contribution is -1.95. The molecule has 0 radical (unpaired) electrons. The molecule has 7 heteroatoms. The van der Waals surface area contributed by atoms with Crippen molar-refractivity contribution in [3.63, 3.8) is 0 Å². The highest BCUT2D eigenvalue weighted by Crippen LogP contribution is 2.32. The summed E-state index contributed by atoms with van der Waals surface area (Å²) in [6, 6.07) is 5.31. The van der Waals surface area contributed by atoms with Crippen LogP contribution in [0.25, 0.3) is 22.6 Å². The van der Waals surface area contributed by atoms with Crippen molar-refractivity contribution in [2.24, 2.45) is 0 Å². The fourth-order valence-electron chi connectivity index (χ4n) is 2.30. The number of pyridine rings is 2. The highest BCUT2D eigenvalue weighted by Gasteiger charge is 2.14. The number of rotatable bonds is 5. The zero-order valence-electron chi connectivity index (χ0n) is 13.4. The van der Waals surface area contributed by atoms with Crippen LogP contribution in [0.2, 0.25) is 0 Å². The molecule has 0 saturated heterocycles. The molecule has 0 bridgehead atoms. The van der Waals surface area contributed by atoms with Crippen molar-refractivity contribution in [2.45, 2.75) is 0 Å². The number of halogens is 2. The Hall–Kier alpha value is -2.99. The summed E-state index contributed by atoms with van der Waals surface area (Å²) in [4.78, 5) is 8.33. The van der Waals surface area contributed by atoms with Crippen LogP contribution in [0, 0.1) is 0 Å². The maximum Gasteiger partial charge on any atom is 0.155 e. The Bertz CT molecular complexity index is 994. The molecule has 0 aliphatic heterocycles. The molecule has 25 heavy (non-hydrogen) atoms. The molecule has 0 unspecified atom stereocenters. The molecule has 0 aliphatic rings. The van der Waals surface area contributed by atoms with Crippen LogP contribution in [0.15, 0.2) is 66.8 Å². The average Bonchev–Trinajstić information content (AvgIpc) is 3.09. The minimum atomic E-state index is -0.568. The first-order valence-corrected chi connectivity index (χ1v) is 7.69. The van der Waals surface area contributed by atoms with E-state index in [-0.39, 0.29) is 10.7 Å². The predicted octanol–water partition coefficient (Wildman–Crippen LogP) is 4.42. The summed E-state index contributed by atoms with van der Waals surface area (Å²) in [5.74, 6) is -0.0530. The smallest absolute Gasteiger partial charge is 0.155 e. The Labute approximate surface area is 148 Å². The van der Waals surface area contributed by atoms with Gasteiger partial charge in [0.2, 0.25) is 0 Å². The Morgan fingerprint density at radius 2 is 2.20 bits per heavy atom. The maximum atomic E-state index is 14.7. The van der Waals surface area contributed by atoms with E-state index >= 15 is 0 Å². The normalized spacial score (nSPS) is 12.4. The summed E-state index contributed by atoms with van der Waals surface area (Å²) in [7, 11) is 1.53. The van der Waals surface area contributed by atoms with E-state index in [0.29, 0.717) is 17.0 Å².